The maximum absolute atomic E-state index is 11.8. The monoisotopic (exact) mass is 517 g/mol. The summed E-state index contributed by atoms with van der Waals surface area (Å²) in [7, 11) is 4.12. The Morgan fingerprint density at radius 3 is 2.41 bits per heavy atom. The van der Waals surface area contributed by atoms with Crippen LogP contribution in [-0.2, 0) is 11.2 Å². The van der Waals surface area contributed by atoms with Gasteiger partial charge in [-0.3, -0.25) is 4.99 Å². The summed E-state index contributed by atoms with van der Waals surface area (Å²) in [6, 6.07) is 9.11. The number of hydrogen-bond donors (Lipinski definition) is 2. The van der Waals surface area contributed by atoms with Crippen molar-refractivity contribution in [3.05, 3.63) is 35.4 Å². The zero-order chi connectivity index (χ0) is 20.5. The first-order valence-corrected chi connectivity index (χ1v) is 10.2. The number of nitrogens with one attached hydrogen (secondary N) is 1. The topological polar surface area (TPSA) is 83.2 Å². The highest BCUT2D eigenvalue weighted by Gasteiger charge is 2.23. The van der Waals surface area contributed by atoms with Gasteiger partial charge >= 0.3 is 6.09 Å². The molecule has 1 aromatic carbocycles. The minimum atomic E-state index is -0.231. The maximum Gasteiger partial charge on any atom is 0.409 e. The number of ether oxygens (including phenoxy) is 1. The number of aryl methyl sites for hydroxylation is 1. The number of amides is 1. The van der Waals surface area contributed by atoms with Crippen molar-refractivity contribution < 1.29 is 9.53 Å². The van der Waals surface area contributed by atoms with Crippen LogP contribution in [0.1, 0.15) is 43.9 Å². The van der Waals surface area contributed by atoms with Crippen LogP contribution < -0.4 is 11.1 Å². The summed E-state index contributed by atoms with van der Waals surface area (Å²) in [4.78, 5) is 20.3. The molecule has 1 unspecified atom stereocenters. The van der Waals surface area contributed by atoms with Crippen molar-refractivity contribution in [1.29, 1.82) is 0 Å². The molecule has 1 aromatic rings. The normalized spacial score (nSPS) is 16.3. The smallest absolute Gasteiger partial charge is 0.409 e. The minimum absolute atomic E-state index is 0. The number of hydrogen-bond acceptors (Lipinski definition) is 4. The molecule has 1 heterocycles. The Labute approximate surface area is 192 Å². The van der Waals surface area contributed by atoms with Gasteiger partial charge in [-0.05, 0) is 51.4 Å². The van der Waals surface area contributed by atoms with E-state index in [0.717, 1.165) is 19.3 Å². The van der Waals surface area contributed by atoms with Crippen LogP contribution in [-0.4, -0.2) is 68.2 Å². The second-order valence-electron chi connectivity index (χ2n) is 7.41. The van der Waals surface area contributed by atoms with E-state index in [1.54, 1.807) is 4.90 Å². The number of nitrogens with zero attached hydrogens (tertiary/aromatic N) is 3. The fraction of sp³-hybridized carbons (Fsp3) is 0.619. The van der Waals surface area contributed by atoms with Gasteiger partial charge in [-0.2, -0.15) is 0 Å². The molecule has 7 nitrogen and oxygen atoms in total. The Morgan fingerprint density at radius 2 is 1.90 bits per heavy atom. The Bertz CT molecular complexity index is 643. The van der Waals surface area contributed by atoms with E-state index >= 15 is 0 Å². The number of halogens is 1. The lowest BCUT2D eigenvalue weighted by Gasteiger charge is -2.32. The van der Waals surface area contributed by atoms with Crippen molar-refractivity contribution in [3.8, 4) is 0 Å². The van der Waals surface area contributed by atoms with Gasteiger partial charge in [0, 0.05) is 19.1 Å². The summed E-state index contributed by atoms with van der Waals surface area (Å²) in [5, 5.41) is 3.30. The van der Waals surface area contributed by atoms with Crippen LogP contribution in [0, 0.1) is 0 Å². The van der Waals surface area contributed by atoms with E-state index in [0.29, 0.717) is 32.2 Å². The molecule has 0 radical (unpaired) electrons. The molecule has 164 valence electrons. The SMILES string of the molecule is CCOC(=O)N1CCC(NC(N)=NCC(c2ccc(CC)cc2)N(C)C)CC1.I. The zero-order valence-corrected chi connectivity index (χ0v) is 20.4. The van der Waals surface area contributed by atoms with E-state index in [9.17, 15) is 4.79 Å². The summed E-state index contributed by atoms with van der Waals surface area (Å²) in [5.74, 6) is 0.464. The van der Waals surface area contributed by atoms with Crippen LogP contribution in [0.15, 0.2) is 29.3 Å². The van der Waals surface area contributed by atoms with Crippen molar-refractivity contribution in [2.45, 2.75) is 45.2 Å². The number of piperidine rings is 1. The Balaban J connectivity index is 0.00000420. The molecule has 1 atom stereocenters. The number of benzene rings is 1. The van der Waals surface area contributed by atoms with Gasteiger partial charge in [-0.25, -0.2) is 4.79 Å². The fourth-order valence-corrected chi connectivity index (χ4v) is 3.40. The lowest BCUT2D eigenvalue weighted by atomic mass is 10.0. The molecule has 0 spiro atoms. The van der Waals surface area contributed by atoms with Gasteiger partial charge in [0.25, 0.3) is 0 Å². The molecular formula is C21H36IN5O2. The molecule has 29 heavy (non-hydrogen) atoms. The van der Waals surface area contributed by atoms with E-state index in [4.69, 9.17) is 10.5 Å². The molecule has 1 saturated heterocycles. The third-order valence-electron chi connectivity index (χ3n) is 5.20. The Kier molecular flexibility index (Phi) is 11.3. The van der Waals surface area contributed by atoms with Crippen LogP contribution in [0.25, 0.3) is 0 Å². The molecule has 8 heteroatoms. The van der Waals surface area contributed by atoms with E-state index in [2.05, 4.69) is 60.5 Å². The predicted octanol–water partition coefficient (Wildman–Crippen LogP) is 2.99. The summed E-state index contributed by atoms with van der Waals surface area (Å²) >= 11 is 0. The molecule has 2 rings (SSSR count). The Hall–Kier alpha value is -1.55. The largest absolute Gasteiger partial charge is 0.450 e. The third-order valence-corrected chi connectivity index (χ3v) is 5.20. The molecule has 0 aliphatic carbocycles. The molecular weight excluding hydrogens is 481 g/mol. The van der Waals surface area contributed by atoms with E-state index in [1.165, 1.54) is 11.1 Å². The number of carbonyl (C=O) groups excluding carboxylic acids is 1. The minimum Gasteiger partial charge on any atom is -0.450 e. The number of rotatable bonds is 7. The van der Waals surface area contributed by atoms with Crippen molar-refractivity contribution in [2.75, 3.05) is 40.3 Å². The molecule has 3 N–H and O–H groups in total. The number of aliphatic imine (C=N–C) groups is 1. The first-order chi connectivity index (χ1) is 13.4. The molecule has 1 aliphatic heterocycles. The van der Waals surface area contributed by atoms with E-state index in [-0.39, 0.29) is 42.2 Å². The highest BCUT2D eigenvalue weighted by Crippen LogP contribution is 2.19. The van der Waals surface area contributed by atoms with Gasteiger partial charge in [0.05, 0.1) is 19.2 Å². The van der Waals surface area contributed by atoms with Crippen molar-refractivity contribution in [3.63, 3.8) is 0 Å². The molecule has 1 aliphatic rings. The van der Waals surface area contributed by atoms with Crippen LogP contribution >= 0.6 is 24.0 Å². The second-order valence-corrected chi connectivity index (χ2v) is 7.41. The van der Waals surface area contributed by atoms with E-state index < -0.39 is 0 Å². The average molecular weight is 517 g/mol. The predicted molar refractivity (Wildman–Crippen MR) is 129 cm³/mol. The summed E-state index contributed by atoms with van der Waals surface area (Å²) in [5.41, 5.74) is 8.70. The van der Waals surface area contributed by atoms with Gasteiger partial charge in [0.2, 0.25) is 0 Å². The number of carbonyl (C=O) groups is 1. The van der Waals surface area contributed by atoms with Gasteiger partial charge in [0.15, 0.2) is 5.96 Å². The van der Waals surface area contributed by atoms with Crippen LogP contribution in [0.4, 0.5) is 4.79 Å². The van der Waals surface area contributed by atoms with Gasteiger partial charge in [-0.15, -0.1) is 24.0 Å². The highest BCUT2D eigenvalue weighted by molar-refractivity contribution is 14.0. The quantitative estimate of drug-likeness (QED) is 0.330. The summed E-state index contributed by atoms with van der Waals surface area (Å²) in [6.45, 7) is 6.33. The highest BCUT2D eigenvalue weighted by atomic mass is 127. The summed E-state index contributed by atoms with van der Waals surface area (Å²) in [6.07, 6.45) is 2.48. The van der Waals surface area contributed by atoms with Crippen LogP contribution in [0.3, 0.4) is 0 Å². The molecule has 0 aromatic heterocycles. The van der Waals surface area contributed by atoms with E-state index in [1.807, 2.05) is 6.92 Å². The first-order valence-electron chi connectivity index (χ1n) is 10.2. The molecule has 1 fully saturated rings. The average Bonchev–Trinajstić information content (AvgIpc) is 2.69. The number of guanidine groups is 1. The summed E-state index contributed by atoms with van der Waals surface area (Å²) < 4.78 is 5.06. The van der Waals surface area contributed by atoms with Crippen LogP contribution in [0.2, 0.25) is 0 Å². The Morgan fingerprint density at radius 1 is 1.28 bits per heavy atom. The molecule has 1 amide bonds. The van der Waals surface area contributed by atoms with Crippen molar-refractivity contribution in [2.24, 2.45) is 10.7 Å². The van der Waals surface area contributed by atoms with Crippen molar-refractivity contribution in [1.82, 2.24) is 15.1 Å². The lowest BCUT2D eigenvalue weighted by Crippen LogP contribution is -2.48. The number of nitrogens with two attached hydrogens (primary N) is 1. The van der Waals surface area contributed by atoms with Gasteiger partial charge in [-0.1, -0.05) is 31.2 Å². The molecule has 0 bridgehead atoms. The first kappa shape index (κ1) is 25.5. The maximum atomic E-state index is 11.8. The standard InChI is InChI=1S/C21H35N5O2.HI/c1-5-16-7-9-17(10-8-16)19(25(3)4)15-23-20(22)24-18-11-13-26(14-12-18)21(27)28-6-2;/h7-10,18-19H,5-6,11-15H2,1-4H3,(H3,22,23,24);1H. The van der Waals surface area contributed by atoms with Gasteiger partial charge < -0.3 is 25.6 Å². The number of likely N-dealkylation sites (N-methyl/N-ethyl adjacent to an activating group) is 1. The lowest BCUT2D eigenvalue weighted by molar-refractivity contribution is 0.0963. The van der Waals surface area contributed by atoms with Gasteiger partial charge in [0.1, 0.15) is 0 Å². The number of likely N-dealkylation sites (tertiary alicyclic amines) is 1. The third kappa shape index (κ3) is 8.00. The van der Waals surface area contributed by atoms with Crippen LogP contribution in [0.5, 0.6) is 0 Å². The zero-order valence-electron chi connectivity index (χ0n) is 18.1. The van der Waals surface area contributed by atoms with Crippen molar-refractivity contribution >= 4 is 36.0 Å². The fourth-order valence-electron chi connectivity index (χ4n) is 3.40. The second kappa shape index (κ2) is 12.9. The molecule has 0 saturated carbocycles.